The molecule has 4 heteroatoms. The standard InChI is InChI=1S/C10H8F3N/c1-4-8-5-14(3)6-9(7(8)2)10(11,12)13/h1,5-6H,2H2,3H3. The summed E-state index contributed by atoms with van der Waals surface area (Å²) in [5.41, 5.74) is -0.795. The molecule has 0 unspecified atom stereocenters. The first-order chi connectivity index (χ1) is 6.36. The van der Waals surface area contributed by atoms with Gasteiger partial charge >= 0.3 is 6.18 Å². The van der Waals surface area contributed by atoms with Gasteiger partial charge in [0.05, 0.1) is 5.57 Å². The normalized spacial score (nSPS) is 17.4. The topological polar surface area (TPSA) is 3.24 Å². The fourth-order valence-electron chi connectivity index (χ4n) is 1.11. The van der Waals surface area contributed by atoms with E-state index >= 15 is 0 Å². The summed E-state index contributed by atoms with van der Waals surface area (Å²) in [6, 6.07) is 0. The summed E-state index contributed by atoms with van der Waals surface area (Å²) in [6.07, 6.45) is 3.04. The molecule has 74 valence electrons. The van der Waals surface area contributed by atoms with E-state index in [1.54, 1.807) is 0 Å². The van der Waals surface area contributed by atoms with E-state index in [2.05, 4.69) is 12.5 Å². The monoisotopic (exact) mass is 199 g/mol. The van der Waals surface area contributed by atoms with Gasteiger partial charge in [0.1, 0.15) is 0 Å². The molecule has 1 aliphatic heterocycles. The average molecular weight is 199 g/mol. The van der Waals surface area contributed by atoms with E-state index in [0.717, 1.165) is 6.20 Å². The minimum atomic E-state index is -4.41. The fraction of sp³-hybridized carbons (Fsp3) is 0.200. The van der Waals surface area contributed by atoms with Crippen molar-refractivity contribution in [1.29, 1.82) is 0 Å². The number of nitrogens with zero attached hydrogens (tertiary/aromatic N) is 1. The molecule has 1 heterocycles. The van der Waals surface area contributed by atoms with Gasteiger partial charge in [-0.25, -0.2) is 0 Å². The molecule has 1 aliphatic rings. The maximum absolute atomic E-state index is 12.4. The summed E-state index contributed by atoms with van der Waals surface area (Å²) in [5.74, 6) is 2.17. The van der Waals surface area contributed by atoms with Crippen molar-refractivity contribution in [3.63, 3.8) is 0 Å². The number of rotatable bonds is 0. The van der Waals surface area contributed by atoms with E-state index in [4.69, 9.17) is 6.42 Å². The second kappa shape index (κ2) is 3.26. The number of terminal acetylenes is 1. The van der Waals surface area contributed by atoms with E-state index in [1.165, 1.54) is 18.1 Å². The first-order valence-corrected chi connectivity index (χ1v) is 3.75. The molecule has 0 saturated heterocycles. The Labute approximate surface area is 80.2 Å². The van der Waals surface area contributed by atoms with Gasteiger partial charge < -0.3 is 4.90 Å². The highest BCUT2D eigenvalue weighted by molar-refractivity contribution is 5.56. The molecule has 0 aromatic carbocycles. The van der Waals surface area contributed by atoms with Crippen LogP contribution in [0.5, 0.6) is 0 Å². The highest BCUT2D eigenvalue weighted by atomic mass is 19.4. The quantitative estimate of drug-likeness (QED) is 0.541. The smallest absolute Gasteiger partial charge is 0.355 e. The molecule has 0 radical (unpaired) electrons. The van der Waals surface area contributed by atoms with Crippen molar-refractivity contribution in [2.75, 3.05) is 7.05 Å². The summed E-state index contributed by atoms with van der Waals surface area (Å²) in [7, 11) is 1.48. The van der Waals surface area contributed by atoms with Crippen LogP contribution >= 0.6 is 0 Å². The molecule has 1 nitrogen and oxygen atoms in total. The average Bonchev–Trinajstić information content (AvgIpc) is 2.06. The van der Waals surface area contributed by atoms with Gasteiger partial charge in [0.2, 0.25) is 0 Å². The summed E-state index contributed by atoms with van der Waals surface area (Å²) in [6.45, 7) is 3.32. The van der Waals surface area contributed by atoms with Crippen molar-refractivity contribution in [2.45, 2.75) is 6.18 Å². The lowest BCUT2D eigenvalue weighted by molar-refractivity contribution is -0.0901. The van der Waals surface area contributed by atoms with Crippen molar-refractivity contribution in [3.05, 3.63) is 35.7 Å². The Hall–Kier alpha value is -1.63. The van der Waals surface area contributed by atoms with Crippen molar-refractivity contribution >= 4 is 0 Å². The second-order valence-corrected chi connectivity index (χ2v) is 2.87. The van der Waals surface area contributed by atoms with Crippen LogP contribution in [0.3, 0.4) is 0 Å². The molecule has 0 atom stereocenters. The molecule has 0 aliphatic carbocycles. The fourth-order valence-corrected chi connectivity index (χ4v) is 1.11. The third-order valence-electron chi connectivity index (χ3n) is 1.78. The lowest BCUT2D eigenvalue weighted by Crippen LogP contribution is -2.21. The summed E-state index contributed by atoms with van der Waals surface area (Å²) < 4.78 is 37.3. The lowest BCUT2D eigenvalue weighted by atomic mass is 9.98. The van der Waals surface area contributed by atoms with Gasteiger partial charge in [-0.15, -0.1) is 6.42 Å². The molecular formula is C10H8F3N. The Bertz CT molecular complexity index is 366. The summed E-state index contributed by atoms with van der Waals surface area (Å²) in [4.78, 5) is 1.27. The van der Waals surface area contributed by atoms with E-state index in [9.17, 15) is 13.2 Å². The molecule has 14 heavy (non-hydrogen) atoms. The summed E-state index contributed by atoms with van der Waals surface area (Å²) in [5, 5.41) is 0. The number of hydrogen-bond donors (Lipinski definition) is 0. The third kappa shape index (κ3) is 1.82. The number of allylic oxidation sites excluding steroid dienone is 3. The molecule has 0 fully saturated rings. The van der Waals surface area contributed by atoms with Crippen molar-refractivity contribution in [1.82, 2.24) is 4.90 Å². The Morgan fingerprint density at radius 2 is 2.00 bits per heavy atom. The molecule has 0 aromatic heterocycles. The van der Waals surface area contributed by atoms with Gasteiger partial charge in [-0.05, 0) is 5.57 Å². The van der Waals surface area contributed by atoms with Crippen LogP contribution in [0.2, 0.25) is 0 Å². The molecule has 0 aromatic rings. The van der Waals surface area contributed by atoms with Crippen LogP contribution in [0.4, 0.5) is 13.2 Å². The van der Waals surface area contributed by atoms with E-state index < -0.39 is 11.7 Å². The highest BCUT2D eigenvalue weighted by Crippen LogP contribution is 2.35. The minimum absolute atomic E-state index is 0.155. The van der Waals surface area contributed by atoms with Crippen LogP contribution in [-0.2, 0) is 0 Å². The Balaban J connectivity index is 3.14. The van der Waals surface area contributed by atoms with Gasteiger partial charge in [-0.2, -0.15) is 13.2 Å². The third-order valence-corrected chi connectivity index (χ3v) is 1.78. The zero-order valence-electron chi connectivity index (χ0n) is 7.52. The second-order valence-electron chi connectivity index (χ2n) is 2.87. The van der Waals surface area contributed by atoms with Crippen molar-refractivity contribution in [3.8, 4) is 12.3 Å². The van der Waals surface area contributed by atoms with Gasteiger partial charge in [-0.3, -0.25) is 0 Å². The van der Waals surface area contributed by atoms with Crippen LogP contribution in [-0.4, -0.2) is 18.1 Å². The number of alkyl halides is 3. The van der Waals surface area contributed by atoms with Crippen molar-refractivity contribution in [2.24, 2.45) is 0 Å². The lowest BCUT2D eigenvalue weighted by Gasteiger charge is -2.22. The molecular weight excluding hydrogens is 191 g/mol. The number of hydrogen-bond acceptors (Lipinski definition) is 1. The van der Waals surface area contributed by atoms with Crippen LogP contribution in [0, 0.1) is 12.3 Å². The first-order valence-electron chi connectivity index (χ1n) is 3.75. The highest BCUT2D eigenvalue weighted by Gasteiger charge is 2.37. The zero-order chi connectivity index (χ0) is 10.9. The largest absolute Gasteiger partial charge is 0.418 e. The van der Waals surface area contributed by atoms with Gasteiger partial charge in [0.25, 0.3) is 0 Å². The van der Waals surface area contributed by atoms with Crippen LogP contribution in [0.15, 0.2) is 35.7 Å². The van der Waals surface area contributed by atoms with Crippen LogP contribution in [0.1, 0.15) is 0 Å². The van der Waals surface area contributed by atoms with Crippen LogP contribution < -0.4 is 0 Å². The van der Waals surface area contributed by atoms with Gasteiger partial charge in [0.15, 0.2) is 0 Å². The maximum Gasteiger partial charge on any atom is 0.418 e. The Morgan fingerprint density at radius 1 is 1.43 bits per heavy atom. The van der Waals surface area contributed by atoms with Gasteiger partial charge in [-0.1, -0.05) is 12.5 Å². The number of halogens is 3. The molecule has 0 bridgehead atoms. The Kier molecular flexibility index (Phi) is 2.43. The Morgan fingerprint density at radius 3 is 2.43 bits per heavy atom. The molecule has 0 N–H and O–H groups in total. The van der Waals surface area contributed by atoms with Crippen molar-refractivity contribution < 1.29 is 13.2 Å². The summed E-state index contributed by atoms with van der Waals surface area (Å²) >= 11 is 0. The minimum Gasteiger partial charge on any atom is -0.355 e. The van der Waals surface area contributed by atoms with Crippen LogP contribution in [0.25, 0.3) is 0 Å². The SMILES string of the molecule is C#CC1=CN(C)C=C(C(F)(F)F)C1=C. The first kappa shape index (κ1) is 10.5. The zero-order valence-corrected chi connectivity index (χ0v) is 7.52. The van der Waals surface area contributed by atoms with E-state index in [0.29, 0.717) is 0 Å². The van der Waals surface area contributed by atoms with E-state index in [1.807, 2.05) is 0 Å². The predicted octanol–water partition coefficient (Wildman–Crippen LogP) is 2.45. The van der Waals surface area contributed by atoms with E-state index in [-0.39, 0.29) is 11.1 Å². The molecule has 0 saturated carbocycles. The molecule has 0 amide bonds. The molecule has 1 rings (SSSR count). The molecule has 0 spiro atoms. The van der Waals surface area contributed by atoms with Gasteiger partial charge in [0, 0.05) is 25.0 Å². The maximum atomic E-state index is 12.4. The predicted molar refractivity (Wildman–Crippen MR) is 48.0 cm³/mol.